The van der Waals surface area contributed by atoms with E-state index in [1.54, 1.807) is 0 Å². The number of hydrogen-bond donors (Lipinski definition) is 1. The zero-order valence-corrected chi connectivity index (χ0v) is 10.6. The summed E-state index contributed by atoms with van der Waals surface area (Å²) < 4.78 is 0. The van der Waals surface area contributed by atoms with Gasteiger partial charge in [0, 0.05) is 18.6 Å². The molecule has 2 atom stereocenters. The maximum absolute atomic E-state index is 5.85. The van der Waals surface area contributed by atoms with Crippen LogP contribution in [-0.2, 0) is 0 Å². The highest BCUT2D eigenvalue weighted by Gasteiger charge is 2.20. The normalized spacial score (nSPS) is 16.3. The predicted octanol–water partition coefficient (Wildman–Crippen LogP) is 2.48. The quantitative estimate of drug-likeness (QED) is 0.684. The molecule has 0 aliphatic carbocycles. The van der Waals surface area contributed by atoms with Crippen LogP contribution in [0.2, 0.25) is 0 Å². The van der Waals surface area contributed by atoms with Crippen molar-refractivity contribution >= 4 is 0 Å². The fourth-order valence-corrected chi connectivity index (χ4v) is 2.08. The Balaban J connectivity index is 4.28. The van der Waals surface area contributed by atoms with Crippen LogP contribution in [-0.4, -0.2) is 30.1 Å². The minimum absolute atomic E-state index is 0.565. The maximum Gasteiger partial charge on any atom is 0.0223 e. The van der Waals surface area contributed by atoms with Gasteiger partial charge in [-0.15, -0.1) is 0 Å². The standard InChI is InChI=1S/C12H28N2/c1-6-11(5)14(7-2)12(9-13)8-10(3)4/h10-12H,6-9,13H2,1-5H3. The van der Waals surface area contributed by atoms with Crippen LogP contribution >= 0.6 is 0 Å². The van der Waals surface area contributed by atoms with E-state index in [0.29, 0.717) is 12.1 Å². The van der Waals surface area contributed by atoms with Crippen LogP contribution in [0.25, 0.3) is 0 Å². The highest BCUT2D eigenvalue weighted by Crippen LogP contribution is 2.14. The summed E-state index contributed by atoms with van der Waals surface area (Å²) in [6, 6.07) is 1.22. The highest BCUT2D eigenvalue weighted by molar-refractivity contribution is 4.77. The second-order valence-corrected chi connectivity index (χ2v) is 4.61. The third-order valence-corrected chi connectivity index (χ3v) is 3.01. The Labute approximate surface area is 89.9 Å². The molecule has 14 heavy (non-hydrogen) atoms. The zero-order valence-electron chi connectivity index (χ0n) is 10.6. The Kier molecular flexibility index (Phi) is 7.20. The van der Waals surface area contributed by atoms with E-state index in [0.717, 1.165) is 19.0 Å². The fraction of sp³-hybridized carbons (Fsp3) is 1.00. The van der Waals surface area contributed by atoms with Crippen LogP contribution in [0.4, 0.5) is 0 Å². The van der Waals surface area contributed by atoms with Crippen LogP contribution < -0.4 is 5.73 Å². The molecule has 0 bridgehead atoms. The summed E-state index contributed by atoms with van der Waals surface area (Å²) in [6.07, 6.45) is 2.43. The van der Waals surface area contributed by atoms with Crippen LogP contribution in [0.5, 0.6) is 0 Å². The van der Waals surface area contributed by atoms with E-state index in [-0.39, 0.29) is 0 Å². The fourth-order valence-electron chi connectivity index (χ4n) is 2.08. The lowest BCUT2D eigenvalue weighted by atomic mass is 10.0. The third kappa shape index (κ3) is 4.43. The van der Waals surface area contributed by atoms with Gasteiger partial charge in [0.2, 0.25) is 0 Å². The van der Waals surface area contributed by atoms with Crippen molar-refractivity contribution < 1.29 is 0 Å². The van der Waals surface area contributed by atoms with Crippen LogP contribution in [0.3, 0.4) is 0 Å². The highest BCUT2D eigenvalue weighted by atomic mass is 15.2. The number of hydrogen-bond acceptors (Lipinski definition) is 2. The minimum atomic E-state index is 0.565. The van der Waals surface area contributed by atoms with Gasteiger partial charge in [0.1, 0.15) is 0 Å². The van der Waals surface area contributed by atoms with Gasteiger partial charge in [-0.2, -0.15) is 0 Å². The molecule has 0 fully saturated rings. The first-order chi connectivity index (χ1) is 6.56. The van der Waals surface area contributed by atoms with Crippen LogP contribution in [0, 0.1) is 5.92 Å². The lowest BCUT2D eigenvalue weighted by Crippen LogP contribution is -2.46. The van der Waals surface area contributed by atoms with E-state index in [1.807, 2.05) is 0 Å². The molecule has 0 aliphatic rings. The van der Waals surface area contributed by atoms with E-state index in [4.69, 9.17) is 5.73 Å². The van der Waals surface area contributed by atoms with Gasteiger partial charge in [-0.1, -0.05) is 27.7 Å². The lowest BCUT2D eigenvalue weighted by molar-refractivity contribution is 0.134. The minimum Gasteiger partial charge on any atom is -0.329 e. The molecule has 2 nitrogen and oxygen atoms in total. The largest absolute Gasteiger partial charge is 0.329 e. The van der Waals surface area contributed by atoms with E-state index in [1.165, 1.54) is 12.8 Å². The second kappa shape index (κ2) is 7.24. The van der Waals surface area contributed by atoms with E-state index < -0.39 is 0 Å². The Morgan fingerprint density at radius 3 is 2.00 bits per heavy atom. The SMILES string of the molecule is CCC(C)N(CC)C(CN)CC(C)C. The smallest absolute Gasteiger partial charge is 0.0223 e. The van der Waals surface area contributed by atoms with Gasteiger partial charge in [-0.25, -0.2) is 0 Å². The molecule has 2 unspecified atom stereocenters. The first-order valence-electron chi connectivity index (χ1n) is 6.02. The molecule has 86 valence electrons. The van der Waals surface area contributed by atoms with Gasteiger partial charge in [-0.05, 0) is 32.2 Å². The Morgan fingerprint density at radius 1 is 1.14 bits per heavy atom. The molecule has 0 aromatic carbocycles. The summed E-state index contributed by atoms with van der Waals surface area (Å²) in [5, 5.41) is 0. The molecule has 0 heterocycles. The molecule has 0 aliphatic heterocycles. The van der Waals surface area contributed by atoms with Gasteiger partial charge in [0.25, 0.3) is 0 Å². The summed E-state index contributed by atoms with van der Waals surface area (Å²) in [5.41, 5.74) is 5.85. The van der Waals surface area contributed by atoms with Crippen molar-refractivity contribution in [2.45, 2.75) is 59.5 Å². The Morgan fingerprint density at radius 2 is 1.71 bits per heavy atom. The average molecular weight is 200 g/mol. The molecule has 0 radical (unpaired) electrons. The van der Waals surface area contributed by atoms with Crippen molar-refractivity contribution in [3.63, 3.8) is 0 Å². The molecule has 0 saturated carbocycles. The summed E-state index contributed by atoms with van der Waals surface area (Å²) in [7, 11) is 0. The van der Waals surface area contributed by atoms with Crippen molar-refractivity contribution in [2.24, 2.45) is 11.7 Å². The van der Waals surface area contributed by atoms with E-state index >= 15 is 0 Å². The second-order valence-electron chi connectivity index (χ2n) is 4.61. The molecular formula is C12H28N2. The molecule has 0 saturated heterocycles. The zero-order chi connectivity index (χ0) is 11.1. The molecule has 0 amide bonds. The molecule has 0 aromatic heterocycles. The van der Waals surface area contributed by atoms with Gasteiger partial charge in [0.05, 0.1) is 0 Å². The average Bonchev–Trinajstić information content (AvgIpc) is 2.16. The Bertz CT molecular complexity index is 134. The van der Waals surface area contributed by atoms with Crippen molar-refractivity contribution in [2.75, 3.05) is 13.1 Å². The van der Waals surface area contributed by atoms with Gasteiger partial charge < -0.3 is 5.73 Å². The summed E-state index contributed by atoms with van der Waals surface area (Å²) in [6.45, 7) is 13.2. The first-order valence-corrected chi connectivity index (χ1v) is 6.02. The summed E-state index contributed by atoms with van der Waals surface area (Å²) in [5.74, 6) is 0.738. The lowest BCUT2D eigenvalue weighted by Gasteiger charge is -2.35. The van der Waals surface area contributed by atoms with Crippen molar-refractivity contribution in [1.29, 1.82) is 0 Å². The topological polar surface area (TPSA) is 29.3 Å². The molecular weight excluding hydrogens is 172 g/mol. The summed E-state index contributed by atoms with van der Waals surface area (Å²) in [4.78, 5) is 2.54. The van der Waals surface area contributed by atoms with Crippen molar-refractivity contribution in [3.8, 4) is 0 Å². The van der Waals surface area contributed by atoms with Gasteiger partial charge in [0.15, 0.2) is 0 Å². The molecule has 0 rings (SSSR count). The van der Waals surface area contributed by atoms with E-state index in [2.05, 4.69) is 39.5 Å². The molecule has 2 N–H and O–H groups in total. The summed E-state index contributed by atoms with van der Waals surface area (Å²) >= 11 is 0. The van der Waals surface area contributed by atoms with E-state index in [9.17, 15) is 0 Å². The van der Waals surface area contributed by atoms with Crippen LogP contribution in [0.15, 0.2) is 0 Å². The molecule has 0 spiro atoms. The maximum atomic E-state index is 5.85. The number of rotatable bonds is 7. The first kappa shape index (κ1) is 13.9. The predicted molar refractivity (Wildman–Crippen MR) is 64.4 cm³/mol. The number of nitrogens with two attached hydrogens (primary N) is 1. The van der Waals surface area contributed by atoms with Crippen molar-refractivity contribution in [1.82, 2.24) is 4.90 Å². The molecule has 2 heteroatoms. The van der Waals surface area contributed by atoms with Gasteiger partial charge in [-0.3, -0.25) is 4.90 Å². The Hall–Kier alpha value is -0.0800. The monoisotopic (exact) mass is 200 g/mol. The van der Waals surface area contributed by atoms with Gasteiger partial charge >= 0.3 is 0 Å². The van der Waals surface area contributed by atoms with Crippen molar-refractivity contribution in [3.05, 3.63) is 0 Å². The molecule has 0 aromatic rings. The third-order valence-electron chi connectivity index (χ3n) is 3.01. The number of nitrogens with zero attached hydrogens (tertiary/aromatic N) is 1. The number of likely N-dealkylation sites (N-methyl/N-ethyl adjacent to an activating group) is 1. The van der Waals surface area contributed by atoms with Crippen LogP contribution in [0.1, 0.15) is 47.5 Å².